The second-order valence-electron chi connectivity index (χ2n) is 4.94. The molecule has 0 spiro atoms. The average molecular weight is 258 g/mol. The Morgan fingerprint density at radius 3 is 2.76 bits per heavy atom. The summed E-state index contributed by atoms with van der Waals surface area (Å²) < 4.78 is 12.9. The fourth-order valence-corrected chi connectivity index (χ4v) is 2.25. The van der Waals surface area contributed by atoms with Gasteiger partial charge in [0.05, 0.1) is 6.61 Å². The lowest BCUT2D eigenvalue weighted by Crippen LogP contribution is -2.47. The first kappa shape index (κ1) is 12.8. The van der Waals surface area contributed by atoms with Crippen LogP contribution in [0.3, 0.4) is 0 Å². The summed E-state index contributed by atoms with van der Waals surface area (Å²) in [6, 6.07) is 4.39. The number of benzene rings is 1. The quantitative estimate of drug-likeness (QED) is 0.850. The van der Waals surface area contributed by atoms with Gasteiger partial charge >= 0.3 is 0 Å². The Morgan fingerprint density at radius 1 is 1.53 bits per heavy atom. The van der Waals surface area contributed by atoms with E-state index >= 15 is 0 Å². The first-order valence-corrected chi connectivity index (χ1v) is 6.23. The number of nitrogens with one attached hydrogen (secondary N) is 1. The summed E-state index contributed by atoms with van der Waals surface area (Å²) in [5, 5.41) is 13.2. The maximum absolute atomic E-state index is 12.9. The average Bonchev–Trinajstić information content (AvgIpc) is 3.11. The second kappa shape index (κ2) is 4.92. The molecule has 4 heteroatoms. The van der Waals surface area contributed by atoms with Crippen LogP contribution in [0.2, 0.25) is 5.02 Å². The molecule has 0 saturated heterocycles. The lowest BCUT2D eigenvalue weighted by atomic mass is 9.96. The fraction of sp³-hybridized carbons (Fsp3) is 0.538. The van der Waals surface area contributed by atoms with Crippen LogP contribution in [0, 0.1) is 11.7 Å². The standard InChI is InChI=1S/C13H17ClFNO/c1-13(8-17,10-3-4-10)16-7-9-2-5-11(15)6-12(9)14/h2,5-6,10,16-17H,3-4,7-8H2,1H3. The highest BCUT2D eigenvalue weighted by Crippen LogP contribution is 2.39. The minimum absolute atomic E-state index is 0.108. The summed E-state index contributed by atoms with van der Waals surface area (Å²) >= 11 is 5.95. The molecule has 2 N–H and O–H groups in total. The molecule has 17 heavy (non-hydrogen) atoms. The predicted molar refractivity (Wildman–Crippen MR) is 66.5 cm³/mol. The predicted octanol–water partition coefficient (Wildman–Crippen LogP) is 2.73. The molecule has 1 fully saturated rings. The highest BCUT2D eigenvalue weighted by Gasteiger charge is 2.40. The van der Waals surface area contributed by atoms with Crippen molar-refractivity contribution in [3.05, 3.63) is 34.6 Å². The van der Waals surface area contributed by atoms with Crippen LogP contribution in [-0.2, 0) is 6.54 Å². The van der Waals surface area contributed by atoms with E-state index in [0.717, 1.165) is 18.4 Å². The van der Waals surface area contributed by atoms with E-state index in [1.807, 2.05) is 6.92 Å². The van der Waals surface area contributed by atoms with Crippen molar-refractivity contribution in [1.82, 2.24) is 5.32 Å². The van der Waals surface area contributed by atoms with Crippen LogP contribution in [0.5, 0.6) is 0 Å². The molecule has 2 rings (SSSR count). The van der Waals surface area contributed by atoms with E-state index in [2.05, 4.69) is 5.32 Å². The van der Waals surface area contributed by atoms with Crippen molar-refractivity contribution in [3.8, 4) is 0 Å². The third-order valence-corrected chi connectivity index (χ3v) is 3.86. The van der Waals surface area contributed by atoms with Gasteiger partial charge in [-0.25, -0.2) is 4.39 Å². The van der Waals surface area contributed by atoms with Crippen molar-refractivity contribution in [2.24, 2.45) is 5.92 Å². The molecule has 1 aromatic rings. The summed E-state index contributed by atoms with van der Waals surface area (Å²) in [4.78, 5) is 0. The van der Waals surface area contributed by atoms with Gasteiger partial charge in [-0.2, -0.15) is 0 Å². The van der Waals surface area contributed by atoms with Crippen LogP contribution in [-0.4, -0.2) is 17.3 Å². The SMILES string of the molecule is CC(CO)(NCc1ccc(F)cc1Cl)C1CC1. The molecule has 0 aliphatic heterocycles. The zero-order valence-corrected chi connectivity index (χ0v) is 10.6. The van der Waals surface area contributed by atoms with E-state index in [4.69, 9.17) is 11.6 Å². The molecule has 1 unspecified atom stereocenters. The van der Waals surface area contributed by atoms with Crippen LogP contribution in [0.15, 0.2) is 18.2 Å². The lowest BCUT2D eigenvalue weighted by Gasteiger charge is -2.29. The Hall–Kier alpha value is -0.640. The Bertz CT molecular complexity index is 408. The summed E-state index contributed by atoms with van der Waals surface area (Å²) in [7, 11) is 0. The molecule has 2 nitrogen and oxygen atoms in total. The van der Waals surface area contributed by atoms with Gasteiger partial charge in [0.15, 0.2) is 0 Å². The van der Waals surface area contributed by atoms with Gasteiger partial charge in [0, 0.05) is 17.1 Å². The van der Waals surface area contributed by atoms with Gasteiger partial charge in [-0.15, -0.1) is 0 Å². The van der Waals surface area contributed by atoms with Crippen molar-refractivity contribution in [2.75, 3.05) is 6.61 Å². The molecule has 94 valence electrons. The number of hydrogen-bond donors (Lipinski definition) is 2. The van der Waals surface area contributed by atoms with Gasteiger partial charge in [-0.3, -0.25) is 0 Å². The van der Waals surface area contributed by atoms with Crippen LogP contribution >= 0.6 is 11.6 Å². The molecule has 1 aromatic carbocycles. The molecule has 1 aliphatic carbocycles. The molecule has 0 amide bonds. The largest absolute Gasteiger partial charge is 0.394 e. The normalized spacial score (nSPS) is 19.1. The monoisotopic (exact) mass is 257 g/mol. The van der Waals surface area contributed by atoms with Crippen molar-refractivity contribution in [3.63, 3.8) is 0 Å². The smallest absolute Gasteiger partial charge is 0.124 e. The highest BCUT2D eigenvalue weighted by molar-refractivity contribution is 6.31. The van der Waals surface area contributed by atoms with Gasteiger partial charge < -0.3 is 10.4 Å². The van der Waals surface area contributed by atoms with E-state index in [1.54, 1.807) is 6.07 Å². The van der Waals surface area contributed by atoms with E-state index < -0.39 is 0 Å². The van der Waals surface area contributed by atoms with Crippen molar-refractivity contribution in [2.45, 2.75) is 31.8 Å². The Kier molecular flexibility index (Phi) is 3.71. The minimum Gasteiger partial charge on any atom is -0.394 e. The van der Waals surface area contributed by atoms with E-state index in [0.29, 0.717) is 17.5 Å². The molecular formula is C13H17ClFNO. The molecule has 0 radical (unpaired) electrons. The number of aliphatic hydroxyl groups excluding tert-OH is 1. The van der Waals surface area contributed by atoms with Gasteiger partial charge in [0.2, 0.25) is 0 Å². The number of hydrogen-bond acceptors (Lipinski definition) is 2. The molecule has 1 saturated carbocycles. The van der Waals surface area contributed by atoms with Gasteiger partial charge in [0.25, 0.3) is 0 Å². The molecule has 1 atom stereocenters. The first-order chi connectivity index (χ1) is 8.05. The third kappa shape index (κ3) is 2.97. The van der Waals surface area contributed by atoms with Crippen LogP contribution < -0.4 is 5.32 Å². The van der Waals surface area contributed by atoms with Gasteiger partial charge in [-0.05, 0) is 43.4 Å². The summed E-state index contributed by atoms with van der Waals surface area (Å²) in [6.45, 7) is 2.67. The molecule has 0 heterocycles. The number of aliphatic hydroxyl groups is 1. The Labute approximate surface area is 106 Å². The Balaban J connectivity index is 2.01. The van der Waals surface area contributed by atoms with Crippen molar-refractivity contribution < 1.29 is 9.50 Å². The Morgan fingerprint density at radius 2 is 2.24 bits per heavy atom. The van der Waals surface area contributed by atoms with Crippen molar-refractivity contribution in [1.29, 1.82) is 0 Å². The zero-order chi connectivity index (χ0) is 12.5. The number of rotatable bonds is 5. The van der Waals surface area contributed by atoms with Crippen LogP contribution in [0.4, 0.5) is 4.39 Å². The zero-order valence-electron chi connectivity index (χ0n) is 9.84. The van der Waals surface area contributed by atoms with Gasteiger partial charge in [-0.1, -0.05) is 17.7 Å². The maximum atomic E-state index is 12.9. The first-order valence-electron chi connectivity index (χ1n) is 5.85. The molecule has 0 aromatic heterocycles. The molecular weight excluding hydrogens is 241 g/mol. The van der Waals surface area contributed by atoms with E-state index in [9.17, 15) is 9.50 Å². The number of halogens is 2. The van der Waals surface area contributed by atoms with Crippen LogP contribution in [0.1, 0.15) is 25.3 Å². The van der Waals surface area contributed by atoms with Crippen molar-refractivity contribution >= 4 is 11.6 Å². The van der Waals surface area contributed by atoms with Gasteiger partial charge in [0.1, 0.15) is 5.82 Å². The maximum Gasteiger partial charge on any atom is 0.124 e. The second-order valence-corrected chi connectivity index (χ2v) is 5.35. The fourth-order valence-electron chi connectivity index (χ4n) is 2.01. The summed E-state index contributed by atoms with van der Waals surface area (Å²) in [5.41, 5.74) is 0.603. The summed E-state index contributed by atoms with van der Waals surface area (Å²) in [6.07, 6.45) is 2.31. The van der Waals surface area contributed by atoms with E-state index in [1.165, 1.54) is 12.1 Å². The van der Waals surface area contributed by atoms with Crippen LogP contribution in [0.25, 0.3) is 0 Å². The highest BCUT2D eigenvalue weighted by atomic mass is 35.5. The minimum atomic E-state index is -0.328. The summed E-state index contributed by atoms with van der Waals surface area (Å²) in [5.74, 6) is 0.206. The topological polar surface area (TPSA) is 32.3 Å². The van der Waals surface area contributed by atoms with E-state index in [-0.39, 0.29) is 18.0 Å². The third-order valence-electron chi connectivity index (χ3n) is 3.50. The molecule has 1 aliphatic rings. The lowest BCUT2D eigenvalue weighted by molar-refractivity contribution is 0.153. The molecule has 0 bridgehead atoms.